The van der Waals surface area contributed by atoms with Gasteiger partial charge in [-0.2, -0.15) is 0 Å². The molecule has 0 radical (unpaired) electrons. The van der Waals surface area contributed by atoms with Gasteiger partial charge in [-0.1, -0.05) is 46.3 Å². The molecule has 3 rings (SSSR count). The minimum atomic E-state index is 0.163. The Kier molecular flexibility index (Phi) is 3.29. The maximum atomic E-state index is 10.1. The minimum Gasteiger partial charge on any atom is -0.505 e. The molecule has 0 atom stereocenters. The first-order valence-electron chi connectivity index (χ1n) is 5.70. The number of aromatic hydroxyl groups is 1. The number of rotatable bonds is 1. The Bertz CT molecular complexity index is 757. The van der Waals surface area contributed by atoms with Crippen molar-refractivity contribution in [3.8, 4) is 17.0 Å². The third-order valence-electron chi connectivity index (χ3n) is 2.93. The second kappa shape index (κ2) is 4.94. The molecule has 0 saturated carbocycles. The van der Waals surface area contributed by atoms with Gasteiger partial charge < -0.3 is 5.11 Å². The maximum Gasteiger partial charge on any atom is 0.156 e. The molecule has 0 aliphatic rings. The highest BCUT2D eigenvalue weighted by atomic mass is 79.9. The van der Waals surface area contributed by atoms with Crippen molar-refractivity contribution in [2.45, 2.75) is 0 Å². The SMILES string of the molecule is Oc1c(Br)cc(Br)c2ccc(-c3ccccc3)nc12. The van der Waals surface area contributed by atoms with Crippen LogP contribution in [0.25, 0.3) is 22.2 Å². The highest BCUT2D eigenvalue weighted by Gasteiger charge is 2.11. The summed E-state index contributed by atoms with van der Waals surface area (Å²) in [6, 6.07) is 15.6. The molecule has 94 valence electrons. The van der Waals surface area contributed by atoms with Gasteiger partial charge in [0.2, 0.25) is 0 Å². The van der Waals surface area contributed by atoms with E-state index in [2.05, 4.69) is 36.8 Å². The molecule has 0 spiro atoms. The van der Waals surface area contributed by atoms with Gasteiger partial charge in [-0.05, 0) is 34.1 Å². The third kappa shape index (κ3) is 2.26. The summed E-state index contributed by atoms with van der Waals surface area (Å²) >= 11 is 6.81. The van der Waals surface area contributed by atoms with Crippen molar-refractivity contribution < 1.29 is 5.11 Å². The number of benzene rings is 2. The number of aromatic nitrogens is 1. The Morgan fingerprint density at radius 3 is 2.37 bits per heavy atom. The van der Waals surface area contributed by atoms with Crippen molar-refractivity contribution in [2.24, 2.45) is 0 Å². The van der Waals surface area contributed by atoms with Crippen molar-refractivity contribution in [1.82, 2.24) is 4.98 Å². The lowest BCUT2D eigenvalue weighted by Gasteiger charge is -2.07. The number of hydrogen-bond acceptors (Lipinski definition) is 2. The molecular formula is C15H9Br2NO. The molecule has 2 aromatic carbocycles. The second-order valence-electron chi connectivity index (χ2n) is 4.15. The van der Waals surface area contributed by atoms with Crippen molar-refractivity contribution in [3.63, 3.8) is 0 Å². The highest BCUT2D eigenvalue weighted by Crippen LogP contribution is 2.37. The fourth-order valence-corrected chi connectivity index (χ4v) is 3.25. The van der Waals surface area contributed by atoms with Gasteiger partial charge in [0.25, 0.3) is 0 Å². The van der Waals surface area contributed by atoms with Gasteiger partial charge in [0.15, 0.2) is 5.75 Å². The number of phenols is 1. The summed E-state index contributed by atoms with van der Waals surface area (Å²) in [4.78, 5) is 4.56. The van der Waals surface area contributed by atoms with Crippen LogP contribution >= 0.6 is 31.9 Å². The van der Waals surface area contributed by atoms with E-state index in [9.17, 15) is 5.11 Å². The monoisotopic (exact) mass is 377 g/mol. The fraction of sp³-hybridized carbons (Fsp3) is 0. The first-order chi connectivity index (χ1) is 9.16. The lowest BCUT2D eigenvalue weighted by atomic mass is 10.1. The second-order valence-corrected chi connectivity index (χ2v) is 5.86. The summed E-state index contributed by atoms with van der Waals surface area (Å²) in [5.41, 5.74) is 2.45. The van der Waals surface area contributed by atoms with E-state index in [1.807, 2.05) is 48.5 Å². The molecule has 0 saturated heterocycles. The van der Waals surface area contributed by atoms with Gasteiger partial charge in [0.1, 0.15) is 5.52 Å². The molecular weight excluding hydrogens is 370 g/mol. The summed E-state index contributed by atoms with van der Waals surface area (Å²) in [7, 11) is 0. The smallest absolute Gasteiger partial charge is 0.156 e. The van der Waals surface area contributed by atoms with E-state index in [1.54, 1.807) is 0 Å². The number of pyridine rings is 1. The zero-order chi connectivity index (χ0) is 13.4. The van der Waals surface area contributed by atoms with E-state index in [1.165, 1.54) is 0 Å². The standard InChI is InChI=1S/C15H9Br2NO/c16-11-8-12(17)15(19)14-10(11)6-7-13(18-14)9-4-2-1-3-5-9/h1-8,19H. The number of halogens is 2. The number of phenolic OH excluding ortho intramolecular Hbond substituents is 1. The van der Waals surface area contributed by atoms with E-state index in [0.29, 0.717) is 9.99 Å². The van der Waals surface area contributed by atoms with Crippen molar-refractivity contribution in [1.29, 1.82) is 0 Å². The minimum absolute atomic E-state index is 0.163. The first-order valence-corrected chi connectivity index (χ1v) is 7.28. The normalized spacial score (nSPS) is 10.8. The molecule has 0 amide bonds. The molecule has 0 fully saturated rings. The molecule has 0 bridgehead atoms. The van der Waals surface area contributed by atoms with Crippen LogP contribution in [0, 0.1) is 0 Å². The van der Waals surface area contributed by atoms with Gasteiger partial charge in [0.05, 0.1) is 10.2 Å². The lowest BCUT2D eigenvalue weighted by Crippen LogP contribution is -1.87. The van der Waals surface area contributed by atoms with E-state index >= 15 is 0 Å². The van der Waals surface area contributed by atoms with Crippen LogP contribution in [-0.4, -0.2) is 10.1 Å². The summed E-state index contributed by atoms with van der Waals surface area (Å²) in [6.45, 7) is 0. The Morgan fingerprint density at radius 1 is 0.895 bits per heavy atom. The van der Waals surface area contributed by atoms with Gasteiger partial charge in [0, 0.05) is 15.4 Å². The van der Waals surface area contributed by atoms with Gasteiger partial charge in [-0.3, -0.25) is 0 Å². The maximum absolute atomic E-state index is 10.1. The predicted molar refractivity (Wildman–Crippen MR) is 84.2 cm³/mol. The zero-order valence-electron chi connectivity index (χ0n) is 9.77. The van der Waals surface area contributed by atoms with Crippen LogP contribution in [0.3, 0.4) is 0 Å². The topological polar surface area (TPSA) is 33.1 Å². The average molecular weight is 379 g/mol. The quantitative estimate of drug-likeness (QED) is 0.636. The largest absolute Gasteiger partial charge is 0.505 e. The van der Waals surface area contributed by atoms with E-state index in [4.69, 9.17) is 0 Å². The van der Waals surface area contributed by atoms with Crippen LogP contribution in [0.5, 0.6) is 5.75 Å². The van der Waals surface area contributed by atoms with Crippen LogP contribution in [0.15, 0.2) is 57.5 Å². The number of fused-ring (bicyclic) bond motifs is 1. The average Bonchev–Trinajstić information content (AvgIpc) is 2.45. The molecule has 0 unspecified atom stereocenters. The van der Waals surface area contributed by atoms with Crippen LogP contribution < -0.4 is 0 Å². The molecule has 0 aliphatic carbocycles. The van der Waals surface area contributed by atoms with E-state index in [-0.39, 0.29) is 5.75 Å². The van der Waals surface area contributed by atoms with Crippen molar-refractivity contribution in [3.05, 3.63) is 57.5 Å². The molecule has 0 aliphatic heterocycles. The van der Waals surface area contributed by atoms with Gasteiger partial charge in [-0.15, -0.1) is 0 Å². The zero-order valence-corrected chi connectivity index (χ0v) is 12.9. The Hall–Kier alpha value is -1.39. The fourth-order valence-electron chi connectivity index (χ4n) is 1.97. The molecule has 1 N–H and O–H groups in total. The third-order valence-corrected chi connectivity index (χ3v) is 4.19. The lowest BCUT2D eigenvalue weighted by molar-refractivity contribution is 0.477. The Morgan fingerprint density at radius 2 is 1.63 bits per heavy atom. The molecule has 3 aromatic rings. The summed E-state index contributed by atoms with van der Waals surface area (Å²) in [5.74, 6) is 0.163. The van der Waals surface area contributed by atoms with Crippen molar-refractivity contribution >= 4 is 42.8 Å². The number of nitrogens with zero attached hydrogens (tertiary/aromatic N) is 1. The predicted octanol–water partition coefficient (Wildman–Crippen LogP) is 5.13. The van der Waals surface area contributed by atoms with Gasteiger partial charge >= 0.3 is 0 Å². The molecule has 1 heterocycles. The Labute approximate surface area is 127 Å². The first kappa shape index (κ1) is 12.6. The van der Waals surface area contributed by atoms with Crippen LogP contribution in [0.4, 0.5) is 0 Å². The van der Waals surface area contributed by atoms with Gasteiger partial charge in [-0.25, -0.2) is 4.98 Å². The van der Waals surface area contributed by atoms with Crippen LogP contribution in [0.2, 0.25) is 0 Å². The van der Waals surface area contributed by atoms with Crippen LogP contribution in [-0.2, 0) is 0 Å². The van der Waals surface area contributed by atoms with Crippen molar-refractivity contribution in [2.75, 3.05) is 0 Å². The van der Waals surface area contributed by atoms with Crippen LogP contribution in [0.1, 0.15) is 0 Å². The summed E-state index contributed by atoms with van der Waals surface area (Å²) < 4.78 is 1.53. The summed E-state index contributed by atoms with van der Waals surface area (Å²) in [5, 5.41) is 11.0. The Balaban J connectivity index is 2.29. The molecule has 4 heteroatoms. The summed E-state index contributed by atoms with van der Waals surface area (Å²) in [6.07, 6.45) is 0. The van der Waals surface area contributed by atoms with E-state index < -0.39 is 0 Å². The number of hydrogen-bond donors (Lipinski definition) is 1. The molecule has 2 nitrogen and oxygen atoms in total. The highest BCUT2D eigenvalue weighted by molar-refractivity contribution is 9.11. The molecule has 19 heavy (non-hydrogen) atoms. The molecule has 1 aromatic heterocycles. The van der Waals surface area contributed by atoms with E-state index in [0.717, 1.165) is 21.1 Å².